The van der Waals surface area contributed by atoms with Crippen molar-refractivity contribution in [3.05, 3.63) is 84.7 Å². The lowest BCUT2D eigenvalue weighted by molar-refractivity contribution is -0.124. The van der Waals surface area contributed by atoms with Gasteiger partial charge in [-0.1, -0.05) is 0 Å². The number of aromatic hydroxyl groups is 1. The number of nitrogens with one attached hydrogen (secondary N) is 1. The third kappa shape index (κ3) is 11.6. The van der Waals surface area contributed by atoms with E-state index in [1.807, 2.05) is 12.1 Å². The van der Waals surface area contributed by atoms with Crippen LogP contribution in [0.5, 0.6) is 23.0 Å². The van der Waals surface area contributed by atoms with Crippen LogP contribution in [0, 0.1) is 11.6 Å². The van der Waals surface area contributed by atoms with Crippen molar-refractivity contribution in [3.63, 3.8) is 0 Å². The number of carbonyl (C=O) groups is 2. The summed E-state index contributed by atoms with van der Waals surface area (Å²) in [7, 11) is 1.65. The van der Waals surface area contributed by atoms with Crippen LogP contribution in [0.2, 0.25) is 0 Å². The Morgan fingerprint density at radius 1 is 0.677 bits per heavy atom. The number of pyridine rings is 2. The number of aliphatic hydroxyl groups is 1. The number of rotatable bonds is 10. The number of alkyl halides is 4. The minimum atomic E-state index is -3.11. The predicted molar refractivity (Wildman–Crippen MR) is 215 cm³/mol. The number of ether oxygens (including phenoxy) is 3. The summed E-state index contributed by atoms with van der Waals surface area (Å²) >= 11 is 0. The number of piperazine rings is 2. The summed E-state index contributed by atoms with van der Waals surface area (Å²) in [6, 6.07) is 13.8. The van der Waals surface area contributed by atoms with Crippen molar-refractivity contribution < 1.29 is 60.4 Å². The van der Waals surface area contributed by atoms with Crippen LogP contribution in [0.3, 0.4) is 0 Å². The lowest BCUT2D eigenvalue weighted by atomic mass is 10.1. The van der Waals surface area contributed by atoms with E-state index >= 15 is 0 Å². The molecule has 0 spiro atoms. The van der Waals surface area contributed by atoms with Crippen molar-refractivity contribution in [2.75, 3.05) is 92.2 Å². The van der Waals surface area contributed by atoms with E-state index in [1.165, 1.54) is 28.1 Å². The first-order chi connectivity index (χ1) is 29.8. The highest BCUT2D eigenvalue weighted by atomic mass is 19.3. The molecular weight excluding hydrogens is 830 g/mol. The van der Waals surface area contributed by atoms with E-state index < -0.39 is 48.4 Å². The monoisotopic (exact) mass is 876 g/mol. The fourth-order valence-electron chi connectivity index (χ4n) is 7.28. The van der Waals surface area contributed by atoms with Gasteiger partial charge in [-0.2, -0.15) is 17.6 Å². The molecule has 4 aliphatic heterocycles. The van der Waals surface area contributed by atoms with Gasteiger partial charge in [-0.05, 0) is 55.0 Å². The van der Waals surface area contributed by atoms with Gasteiger partial charge >= 0.3 is 13.2 Å². The van der Waals surface area contributed by atoms with E-state index in [9.17, 15) is 46.1 Å². The molecule has 8 rings (SSSR count). The smallest absolute Gasteiger partial charge is 0.387 e. The summed E-state index contributed by atoms with van der Waals surface area (Å²) in [6.45, 7) is 1.31. The van der Waals surface area contributed by atoms with Gasteiger partial charge in [-0.15, -0.1) is 0 Å². The normalized spacial score (nSPS) is 19.3. The molecule has 4 fully saturated rings. The number of benzene rings is 2. The molecule has 62 heavy (non-hydrogen) atoms. The zero-order valence-corrected chi connectivity index (χ0v) is 33.6. The fraction of sp³-hybridized carbons (Fsp3) is 0.415. The van der Waals surface area contributed by atoms with Crippen molar-refractivity contribution in [2.24, 2.45) is 0 Å². The number of halogens is 6. The van der Waals surface area contributed by atoms with E-state index in [1.54, 1.807) is 25.4 Å². The second kappa shape index (κ2) is 21.1. The Balaban J connectivity index is 0.000000170. The van der Waals surface area contributed by atoms with Crippen molar-refractivity contribution in [3.8, 4) is 23.0 Å². The second-order valence-electron chi connectivity index (χ2n) is 14.3. The van der Waals surface area contributed by atoms with Crippen LogP contribution in [-0.2, 0) is 9.59 Å². The van der Waals surface area contributed by atoms with Crippen molar-refractivity contribution >= 4 is 34.8 Å². The summed E-state index contributed by atoms with van der Waals surface area (Å²) in [4.78, 5) is 42.1. The number of hydrogen-bond acceptors (Lipinski definition) is 13. The van der Waals surface area contributed by atoms with E-state index in [-0.39, 0.29) is 36.4 Å². The number of aliphatic hydroxyl groups excluding tert-OH is 1. The van der Waals surface area contributed by atoms with E-state index in [4.69, 9.17) is 4.74 Å². The number of anilines is 4. The molecular formula is C41H46F6N8O7. The topological polar surface area (TPSA) is 156 Å². The Morgan fingerprint density at radius 2 is 1.21 bits per heavy atom. The zero-order chi connectivity index (χ0) is 44.3. The Hall–Kier alpha value is -6.06. The van der Waals surface area contributed by atoms with Gasteiger partial charge in [0.1, 0.15) is 29.2 Å². The zero-order valence-electron chi connectivity index (χ0n) is 33.6. The first-order valence-electron chi connectivity index (χ1n) is 19.7. The molecule has 15 nitrogen and oxygen atoms in total. The average Bonchev–Trinajstić information content (AvgIpc) is 3.83. The van der Waals surface area contributed by atoms with Crippen molar-refractivity contribution in [1.29, 1.82) is 0 Å². The molecule has 2 unspecified atom stereocenters. The lowest BCUT2D eigenvalue weighted by Crippen LogP contribution is -2.52. The first-order valence-corrected chi connectivity index (χ1v) is 19.7. The fourth-order valence-corrected chi connectivity index (χ4v) is 7.28. The van der Waals surface area contributed by atoms with Crippen LogP contribution in [0.25, 0.3) is 0 Å². The number of hydrogen-bond donors (Lipinski definition) is 3. The molecule has 2 amide bonds. The molecule has 2 atom stereocenters. The van der Waals surface area contributed by atoms with Gasteiger partial charge < -0.3 is 49.3 Å². The molecule has 21 heteroatoms. The lowest BCUT2D eigenvalue weighted by Gasteiger charge is -2.37. The quantitative estimate of drug-likeness (QED) is 0.192. The summed E-state index contributed by atoms with van der Waals surface area (Å²) in [5, 5.41) is 21.9. The average molecular weight is 877 g/mol. The van der Waals surface area contributed by atoms with E-state index in [2.05, 4.69) is 39.5 Å². The van der Waals surface area contributed by atoms with Crippen LogP contribution in [0.1, 0.15) is 12.8 Å². The molecule has 0 radical (unpaired) electrons. The summed E-state index contributed by atoms with van der Waals surface area (Å²) in [6.07, 6.45) is 2.93. The maximum atomic E-state index is 14.0. The van der Waals surface area contributed by atoms with Gasteiger partial charge in [0.05, 0.1) is 25.5 Å². The molecule has 4 saturated heterocycles. The number of methoxy groups -OCH3 is 1. The highest BCUT2D eigenvalue weighted by Gasteiger charge is 2.38. The van der Waals surface area contributed by atoms with Gasteiger partial charge in [0.15, 0.2) is 23.1 Å². The van der Waals surface area contributed by atoms with Gasteiger partial charge in [0.25, 0.3) is 5.91 Å². The Bertz CT molecular complexity index is 2100. The SMILES string of the molecule is COc1ccc(N2CCNCC2)nc1.O=C1C(N2CCN(c3ccc(O)cn3)CC2)CCN1c1ccc(OC(F)F)c(F)c1.O=C1C(O)CCN1c1ccc(OC(F)F)c(F)c1. The highest BCUT2D eigenvalue weighted by Crippen LogP contribution is 2.31. The minimum absolute atomic E-state index is 0.110. The van der Waals surface area contributed by atoms with Crippen LogP contribution < -0.4 is 39.1 Å². The van der Waals surface area contributed by atoms with Crippen LogP contribution in [-0.4, -0.2) is 135 Å². The summed E-state index contributed by atoms with van der Waals surface area (Å²) < 4.78 is 89.0. The van der Waals surface area contributed by atoms with Crippen LogP contribution >= 0.6 is 0 Å². The maximum Gasteiger partial charge on any atom is 0.387 e. The van der Waals surface area contributed by atoms with Gasteiger partial charge in [0.2, 0.25) is 5.91 Å². The van der Waals surface area contributed by atoms with Crippen molar-refractivity contribution in [2.45, 2.75) is 38.2 Å². The molecule has 3 N–H and O–H groups in total. The molecule has 6 heterocycles. The Morgan fingerprint density at radius 3 is 1.68 bits per heavy atom. The molecule has 334 valence electrons. The number of carbonyl (C=O) groups excluding carboxylic acids is 2. The van der Waals surface area contributed by atoms with Crippen LogP contribution in [0.4, 0.5) is 49.4 Å². The van der Waals surface area contributed by atoms with E-state index in [0.717, 1.165) is 67.8 Å². The number of amides is 2. The Labute approximate surface area is 353 Å². The molecule has 2 aromatic heterocycles. The number of aromatic nitrogens is 2. The molecule has 0 bridgehead atoms. The summed E-state index contributed by atoms with van der Waals surface area (Å²) in [5.41, 5.74) is 0.532. The largest absolute Gasteiger partial charge is 0.506 e. The highest BCUT2D eigenvalue weighted by molar-refractivity contribution is 5.99. The third-order valence-corrected chi connectivity index (χ3v) is 10.4. The van der Waals surface area contributed by atoms with Gasteiger partial charge in [-0.3, -0.25) is 14.5 Å². The van der Waals surface area contributed by atoms with Gasteiger partial charge in [-0.25, -0.2) is 18.7 Å². The molecule has 0 aliphatic carbocycles. The molecule has 2 aromatic carbocycles. The molecule has 4 aromatic rings. The first kappa shape index (κ1) is 45.5. The molecule has 0 saturated carbocycles. The third-order valence-electron chi connectivity index (χ3n) is 10.4. The minimum Gasteiger partial charge on any atom is -0.506 e. The van der Waals surface area contributed by atoms with Crippen LogP contribution in [0.15, 0.2) is 73.1 Å². The predicted octanol–water partition coefficient (Wildman–Crippen LogP) is 4.48. The summed E-state index contributed by atoms with van der Waals surface area (Å²) in [5.74, 6) is -0.980. The van der Waals surface area contributed by atoms with Gasteiger partial charge in [0, 0.05) is 95.4 Å². The standard InChI is InChI=1S/C20H21F3N4O3.C11H10F3NO3.C10H15N3O/c21-15-11-13(1-3-17(15)30-20(22)23)27-6-5-16(19(27)29)25-7-9-26(10-8-25)18-4-2-14(28)12-24-18;12-7-5-6(1-2-9(7)18-11(13)14)15-4-3-8(16)10(15)17;1-14-9-2-3-10(12-8-9)13-6-4-11-5-7-13/h1-4,11-12,16,20,28H,5-10H2;1-2,5,8,11,16H,3-4H2;2-3,8,11H,4-7H2,1H3. The van der Waals surface area contributed by atoms with E-state index in [0.29, 0.717) is 44.8 Å². The maximum absolute atomic E-state index is 14.0. The Kier molecular flexibility index (Phi) is 15.5. The number of nitrogens with zero attached hydrogens (tertiary/aromatic N) is 7. The second-order valence-corrected chi connectivity index (χ2v) is 14.3. The van der Waals surface area contributed by atoms with Crippen molar-refractivity contribution in [1.82, 2.24) is 20.2 Å². The molecule has 4 aliphatic rings.